The van der Waals surface area contributed by atoms with Gasteiger partial charge in [0.2, 0.25) is 0 Å². The topological polar surface area (TPSA) is 72.7 Å². The lowest BCUT2D eigenvalue weighted by atomic mass is 9.98. The first-order valence-corrected chi connectivity index (χ1v) is 8.59. The quantitative estimate of drug-likeness (QED) is 0.792. The number of nitrogens with zero attached hydrogens (tertiary/aromatic N) is 3. The summed E-state index contributed by atoms with van der Waals surface area (Å²) < 4.78 is 3.20. The normalized spacial score (nSPS) is 12.5. The van der Waals surface area contributed by atoms with Gasteiger partial charge in [0, 0.05) is 20.5 Å². The predicted molar refractivity (Wildman–Crippen MR) is 97.3 cm³/mol. The maximum Gasteiger partial charge on any atom is 0.329 e. The van der Waals surface area contributed by atoms with Gasteiger partial charge >= 0.3 is 5.69 Å². The molecule has 2 heterocycles. The van der Waals surface area contributed by atoms with Crippen molar-refractivity contribution in [2.45, 2.75) is 52.9 Å². The molecule has 2 rings (SSSR count). The monoisotopic (exact) mass is 332 g/mol. The van der Waals surface area contributed by atoms with Crippen LogP contribution in [0.3, 0.4) is 0 Å². The summed E-state index contributed by atoms with van der Waals surface area (Å²) in [6, 6.07) is 0. The molecule has 6 nitrogen and oxygen atoms in total. The zero-order chi connectivity index (χ0) is 17.9. The maximum absolute atomic E-state index is 12.0. The molecule has 2 aromatic rings. The third-order valence-electron chi connectivity index (χ3n) is 4.54. The minimum Gasteiger partial charge on any atom is -0.325 e. The molecule has 2 aromatic heterocycles. The van der Waals surface area contributed by atoms with Crippen LogP contribution in [0.2, 0.25) is 0 Å². The lowest BCUT2D eigenvalue weighted by Gasteiger charge is -2.09. The number of nitrogens with one attached hydrogen (secondary N) is 1. The van der Waals surface area contributed by atoms with Gasteiger partial charge in [-0.1, -0.05) is 25.0 Å². The van der Waals surface area contributed by atoms with Crippen LogP contribution in [0.25, 0.3) is 11.2 Å². The molecule has 0 saturated heterocycles. The Balaban J connectivity index is 2.04. The van der Waals surface area contributed by atoms with Crippen molar-refractivity contribution in [2.75, 3.05) is 0 Å². The fourth-order valence-corrected chi connectivity index (χ4v) is 2.99. The van der Waals surface area contributed by atoms with Crippen LogP contribution >= 0.6 is 0 Å². The standard InChI is InChI=1S/C18H28N4O2/c1-12(2)8-6-9-13(3)10-7-11-14-19-16-15(21(14)4)17(23)20-18(24)22(16)5/h8,13H,6-7,9-11H2,1-5H3,(H,20,23,24)/t13-/m0/s1. The van der Waals surface area contributed by atoms with Crippen molar-refractivity contribution in [2.24, 2.45) is 20.0 Å². The van der Waals surface area contributed by atoms with E-state index in [1.165, 1.54) is 16.6 Å². The largest absolute Gasteiger partial charge is 0.329 e. The van der Waals surface area contributed by atoms with Crippen LogP contribution in [0.15, 0.2) is 21.2 Å². The number of aromatic nitrogens is 4. The van der Waals surface area contributed by atoms with E-state index in [9.17, 15) is 9.59 Å². The second-order valence-electron chi connectivity index (χ2n) is 6.93. The van der Waals surface area contributed by atoms with E-state index in [1.807, 2.05) is 7.05 Å². The third-order valence-corrected chi connectivity index (χ3v) is 4.54. The van der Waals surface area contributed by atoms with E-state index in [-0.39, 0.29) is 5.56 Å². The molecule has 0 aliphatic carbocycles. The summed E-state index contributed by atoms with van der Waals surface area (Å²) in [7, 11) is 3.46. The summed E-state index contributed by atoms with van der Waals surface area (Å²) in [5.74, 6) is 1.52. The Morgan fingerprint density at radius 1 is 1.21 bits per heavy atom. The number of hydrogen-bond donors (Lipinski definition) is 1. The lowest BCUT2D eigenvalue weighted by Crippen LogP contribution is -2.29. The molecular formula is C18H28N4O2. The number of fused-ring (bicyclic) bond motifs is 1. The van der Waals surface area contributed by atoms with Gasteiger partial charge in [-0.15, -0.1) is 0 Å². The van der Waals surface area contributed by atoms with Crippen LogP contribution in [0.4, 0.5) is 0 Å². The first kappa shape index (κ1) is 18.2. The van der Waals surface area contributed by atoms with E-state index in [0.29, 0.717) is 17.1 Å². The van der Waals surface area contributed by atoms with Crippen molar-refractivity contribution in [1.82, 2.24) is 19.1 Å². The van der Waals surface area contributed by atoms with Gasteiger partial charge < -0.3 is 4.57 Å². The Labute approximate surface area is 142 Å². The van der Waals surface area contributed by atoms with Gasteiger partial charge in [-0.3, -0.25) is 14.3 Å². The van der Waals surface area contributed by atoms with Crippen LogP contribution in [0, 0.1) is 5.92 Å². The molecular weight excluding hydrogens is 304 g/mol. The van der Waals surface area contributed by atoms with Gasteiger partial charge in [0.05, 0.1) is 0 Å². The van der Waals surface area contributed by atoms with E-state index in [1.54, 1.807) is 11.6 Å². The van der Waals surface area contributed by atoms with Gasteiger partial charge in [-0.2, -0.15) is 0 Å². The molecule has 0 unspecified atom stereocenters. The zero-order valence-electron chi connectivity index (χ0n) is 15.3. The number of aromatic amines is 1. The van der Waals surface area contributed by atoms with Crippen molar-refractivity contribution in [3.05, 3.63) is 38.3 Å². The SMILES string of the molecule is CC(C)=CCC[C@H](C)CCCc1nc2c(c(=O)[nH]c(=O)n2C)n1C. The van der Waals surface area contributed by atoms with Crippen molar-refractivity contribution in [3.63, 3.8) is 0 Å². The molecule has 1 N–H and O–H groups in total. The molecule has 0 amide bonds. The number of aryl methyl sites for hydroxylation is 3. The molecule has 0 saturated carbocycles. The second-order valence-corrected chi connectivity index (χ2v) is 6.93. The summed E-state index contributed by atoms with van der Waals surface area (Å²) in [6.45, 7) is 6.54. The van der Waals surface area contributed by atoms with Gasteiger partial charge in [0.15, 0.2) is 11.2 Å². The average molecular weight is 332 g/mol. The summed E-state index contributed by atoms with van der Waals surface area (Å²) >= 11 is 0. The van der Waals surface area contributed by atoms with E-state index < -0.39 is 5.69 Å². The van der Waals surface area contributed by atoms with E-state index in [2.05, 4.69) is 36.8 Å². The smallest absolute Gasteiger partial charge is 0.325 e. The van der Waals surface area contributed by atoms with Crippen LogP contribution in [0.5, 0.6) is 0 Å². The number of allylic oxidation sites excluding steroid dienone is 2. The van der Waals surface area contributed by atoms with E-state index in [4.69, 9.17) is 0 Å². The minimum absolute atomic E-state index is 0.371. The van der Waals surface area contributed by atoms with Crippen LogP contribution < -0.4 is 11.2 Å². The number of H-pyrrole nitrogens is 1. The summed E-state index contributed by atoms with van der Waals surface area (Å²) in [5.41, 5.74) is 1.49. The average Bonchev–Trinajstić information content (AvgIpc) is 2.82. The Morgan fingerprint density at radius 3 is 2.58 bits per heavy atom. The van der Waals surface area contributed by atoms with E-state index in [0.717, 1.165) is 31.5 Å². The third kappa shape index (κ3) is 4.04. The molecule has 0 bridgehead atoms. The van der Waals surface area contributed by atoms with Crippen molar-refractivity contribution >= 4 is 11.2 Å². The molecule has 0 aliphatic rings. The van der Waals surface area contributed by atoms with Gasteiger partial charge in [0.1, 0.15) is 5.82 Å². The Kier molecular flexibility index (Phi) is 5.80. The molecule has 0 spiro atoms. The Bertz CT molecular complexity index is 850. The molecule has 0 fully saturated rings. The lowest BCUT2D eigenvalue weighted by molar-refractivity contribution is 0.474. The molecule has 0 aliphatic heterocycles. The highest BCUT2D eigenvalue weighted by atomic mass is 16.2. The van der Waals surface area contributed by atoms with Crippen molar-refractivity contribution in [3.8, 4) is 0 Å². The second kappa shape index (κ2) is 7.64. The van der Waals surface area contributed by atoms with Crippen molar-refractivity contribution in [1.29, 1.82) is 0 Å². The highest BCUT2D eigenvalue weighted by molar-refractivity contribution is 5.70. The zero-order valence-corrected chi connectivity index (χ0v) is 15.3. The molecule has 132 valence electrons. The summed E-state index contributed by atoms with van der Waals surface area (Å²) in [5, 5.41) is 0. The first-order chi connectivity index (χ1) is 11.3. The highest BCUT2D eigenvalue weighted by Crippen LogP contribution is 2.17. The number of rotatable bonds is 7. The van der Waals surface area contributed by atoms with E-state index >= 15 is 0 Å². The van der Waals surface area contributed by atoms with Gasteiger partial charge in [0.25, 0.3) is 5.56 Å². The van der Waals surface area contributed by atoms with Crippen LogP contribution in [-0.4, -0.2) is 19.1 Å². The fraction of sp³-hybridized carbons (Fsp3) is 0.611. The van der Waals surface area contributed by atoms with Gasteiger partial charge in [-0.25, -0.2) is 9.78 Å². The molecule has 24 heavy (non-hydrogen) atoms. The highest BCUT2D eigenvalue weighted by Gasteiger charge is 2.14. The molecule has 0 aromatic carbocycles. The van der Waals surface area contributed by atoms with Gasteiger partial charge in [-0.05, 0) is 39.0 Å². The number of hydrogen-bond acceptors (Lipinski definition) is 3. The van der Waals surface area contributed by atoms with Crippen LogP contribution in [0.1, 0.15) is 52.3 Å². The first-order valence-electron chi connectivity index (χ1n) is 8.59. The molecule has 1 atom stereocenters. The number of imidazole rings is 1. The molecule has 6 heteroatoms. The fourth-order valence-electron chi connectivity index (χ4n) is 2.99. The van der Waals surface area contributed by atoms with Crippen LogP contribution in [-0.2, 0) is 20.5 Å². The minimum atomic E-state index is -0.426. The Morgan fingerprint density at radius 2 is 1.92 bits per heavy atom. The maximum atomic E-state index is 12.0. The van der Waals surface area contributed by atoms with Crippen molar-refractivity contribution < 1.29 is 0 Å². The molecule has 0 radical (unpaired) electrons. The predicted octanol–water partition coefficient (Wildman–Crippen LogP) is 2.67. The summed E-state index contributed by atoms with van der Waals surface area (Å²) in [6.07, 6.45) is 7.59. The summed E-state index contributed by atoms with van der Waals surface area (Å²) in [4.78, 5) is 30.5. The Hall–Kier alpha value is -2.11.